The number of hydrogen-bond donors (Lipinski definition) is 11. The fraction of sp³-hybridized carbons (Fsp3) is 0.446. The molecule has 1 fully saturated rings. The molecule has 3 aliphatic rings. The van der Waals surface area contributed by atoms with Crippen LogP contribution >= 0.6 is 0 Å². The first-order valence-electron chi connectivity index (χ1n) is 31.8. The van der Waals surface area contributed by atoms with E-state index in [9.17, 15) is 78.0 Å². The summed E-state index contributed by atoms with van der Waals surface area (Å²) in [7, 11) is 3.48. The Balaban J connectivity index is 0.00000694. The minimum absolute atomic E-state index is 0. The fourth-order valence-electron chi connectivity index (χ4n) is 10.7. The average Bonchev–Trinajstić information content (AvgIpc) is 1.32. The maximum Gasteiger partial charge on any atom is 0.333 e. The summed E-state index contributed by atoms with van der Waals surface area (Å²) in [4.78, 5) is 170. The van der Waals surface area contributed by atoms with Gasteiger partial charge in [0, 0.05) is 288 Å². The summed E-state index contributed by atoms with van der Waals surface area (Å²) in [5.74, 6) is -11.1. The number of fused-ring (bicyclic) bond motifs is 8. The number of para-hydroxylation sites is 4. The molecule has 0 aromatic heterocycles. The van der Waals surface area contributed by atoms with Gasteiger partial charge in [0.05, 0.1) is 22.3 Å². The van der Waals surface area contributed by atoms with Crippen molar-refractivity contribution < 1.29 is 199 Å². The molecule has 3 heterocycles. The largest absolute Gasteiger partial charge is 0.871 e. The van der Waals surface area contributed by atoms with E-state index < -0.39 is 100.0 Å². The molecule has 4 aromatic carbocycles. The molecule has 1 atom stereocenters. The van der Waals surface area contributed by atoms with Crippen LogP contribution in [0.2, 0.25) is 0 Å². The molecule has 11 amide bonds. The minimum atomic E-state index is -0.852. The number of hydrogen-bond acceptors (Lipinski definition) is 21. The molecular weight excluding hydrogens is 1730 g/mol. The van der Waals surface area contributed by atoms with E-state index in [1.165, 1.54) is 72.8 Å². The number of carbonyl (C=O) groups is 12. The quantitative estimate of drug-likeness (QED) is 0.0515. The summed E-state index contributed by atoms with van der Waals surface area (Å²) < 4.78 is 0. The molecular formula is C65H82N14O17Tb3-2. The monoisotopic (exact) mass is 1810 g/mol. The van der Waals surface area contributed by atoms with Crippen molar-refractivity contribution in [1.29, 1.82) is 0 Å². The summed E-state index contributed by atoms with van der Waals surface area (Å²) in [6.07, 6.45) is 0.534. The Kier molecular flexibility index (Phi) is 37.3. The van der Waals surface area contributed by atoms with Crippen LogP contribution in [0, 0.1) is 116 Å². The molecule has 7 rings (SSSR count). The molecule has 1 unspecified atom stereocenters. The Morgan fingerprint density at radius 3 is 1.19 bits per heavy atom. The van der Waals surface area contributed by atoms with Crippen molar-refractivity contribution in [1.82, 2.24) is 72.5 Å². The third kappa shape index (κ3) is 26.2. The van der Waals surface area contributed by atoms with Crippen LogP contribution in [-0.4, -0.2) is 244 Å². The van der Waals surface area contributed by atoms with E-state index in [4.69, 9.17) is 4.84 Å². The van der Waals surface area contributed by atoms with Crippen LogP contribution in [-0.2, 0) is 24.0 Å². The first-order chi connectivity index (χ1) is 46.1. The molecule has 99 heavy (non-hydrogen) atoms. The Bertz CT molecular complexity index is 3430. The topological polar surface area (TPSA) is 425 Å². The number of nitrogens with one attached hydrogen (secondary N) is 9. The normalized spacial score (nSPS) is 17.8. The van der Waals surface area contributed by atoms with E-state index >= 15 is 0 Å². The SMILES string of the molecule is CN1CCNC(=O)c2cccc(c2[O-])C(=O)NCCN(CCN2CCNC(=O)c3cccc(c3[O-])C(=O)NCCN(C)CCNC(=O)c3cccc(c3O)C(=O)NC(CCCCNC(=O)CCCC(=O)ON3C(=O)CCC3=O)C2)CCNC(=O)c2cccc(c2O)C(=O)NCC1.[Tb].[Tb].[Tb]. The molecule has 34 heteroatoms. The number of phenolic OH excluding ortho intramolecular Hbond substituents is 2. The van der Waals surface area contributed by atoms with E-state index in [0.717, 1.165) is 0 Å². The van der Waals surface area contributed by atoms with E-state index in [-0.39, 0.29) is 290 Å². The van der Waals surface area contributed by atoms with Gasteiger partial charge in [-0.1, -0.05) is 60.0 Å². The number of imide groups is 1. The number of nitrogens with zero attached hydrogens (tertiary/aromatic N) is 5. The van der Waals surface area contributed by atoms with Crippen molar-refractivity contribution in [2.24, 2.45) is 0 Å². The van der Waals surface area contributed by atoms with E-state index in [1.54, 1.807) is 19.0 Å². The maximum absolute atomic E-state index is 14.4. The smallest absolute Gasteiger partial charge is 0.333 e. The van der Waals surface area contributed by atoms with Crippen LogP contribution in [0.4, 0.5) is 0 Å². The van der Waals surface area contributed by atoms with Crippen LogP contribution in [0.3, 0.4) is 0 Å². The Hall–Kier alpha value is -6.38. The number of amides is 11. The maximum atomic E-state index is 14.4. The van der Waals surface area contributed by atoms with Gasteiger partial charge in [0.2, 0.25) is 5.91 Å². The molecule has 543 valence electrons. The van der Waals surface area contributed by atoms with E-state index in [2.05, 4.69) is 47.9 Å². The number of hydroxylamine groups is 2. The summed E-state index contributed by atoms with van der Waals surface area (Å²) in [5, 5.41) is 75.4. The van der Waals surface area contributed by atoms with Crippen LogP contribution in [0.1, 0.15) is 134 Å². The summed E-state index contributed by atoms with van der Waals surface area (Å²) >= 11 is 0. The third-order valence-electron chi connectivity index (χ3n) is 16.1. The average molecular weight is 1810 g/mol. The molecule has 11 N–H and O–H groups in total. The molecule has 0 saturated carbocycles. The third-order valence-corrected chi connectivity index (χ3v) is 16.1. The second-order valence-corrected chi connectivity index (χ2v) is 23.2. The molecule has 3 radical (unpaired) electrons. The van der Waals surface area contributed by atoms with Gasteiger partial charge in [0.25, 0.3) is 59.1 Å². The Morgan fingerprint density at radius 2 is 0.798 bits per heavy atom. The first kappa shape index (κ1) is 85.0. The summed E-state index contributed by atoms with van der Waals surface area (Å²) in [6.45, 7) is 2.00. The molecule has 1 saturated heterocycles. The number of rotatable bonds is 13. The second-order valence-electron chi connectivity index (χ2n) is 23.2. The molecule has 3 aliphatic heterocycles. The fourth-order valence-corrected chi connectivity index (χ4v) is 10.7. The number of phenols is 2. The number of likely N-dealkylation sites (N-methyl/N-ethyl adjacent to an activating group) is 2. The molecule has 31 nitrogen and oxygen atoms in total. The van der Waals surface area contributed by atoms with Gasteiger partial charge in [-0.25, -0.2) is 4.79 Å². The molecule has 0 spiro atoms. The minimum Gasteiger partial charge on any atom is -0.871 e. The number of aromatic hydroxyl groups is 2. The zero-order chi connectivity index (χ0) is 69.3. The standard InChI is InChI=1S/C65H84N14O17.3Tb/c1-75-31-24-67-58(88)42-11-5-14-45(54(42)84)62(92)71-28-35-77(36-29-72-63(93)46-15-6-12-43(55(46)85)59(89)68-25-32-75)38-39-78-37-30-73-64(94)47-16-7-13-44(56(47)86)60(90)69-26-33-76(2)34-27-70-61(91)48-17-8-18-49(57(48)87)65(95)74-41(40-78)10-3-4-23-66-50(80)19-9-20-53(83)96-79-51(81)21-22-52(79)82;;;/h5-8,11-18,41,84-87H,3-4,9-10,19-40H2,1-2H3,(H,66,80)(H,67,88)(H,68,89)(H,69,90)(H,70,91)(H,71,92)(H,72,93)(H,73,94)(H,74,95);;;/p-2. The van der Waals surface area contributed by atoms with Gasteiger partial charge in [-0.15, -0.1) is 5.06 Å². The van der Waals surface area contributed by atoms with Crippen LogP contribution in [0.15, 0.2) is 72.8 Å². The van der Waals surface area contributed by atoms with Crippen LogP contribution in [0.25, 0.3) is 0 Å². The van der Waals surface area contributed by atoms with Gasteiger partial charge in [-0.3, -0.25) is 62.5 Å². The number of unbranched alkanes of at least 4 members (excludes halogenated alkanes) is 1. The van der Waals surface area contributed by atoms with Crippen molar-refractivity contribution in [3.8, 4) is 23.0 Å². The van der Waals surface area contributed by atoms with Gasteiger partial charge in [0.1, 0.15) is 11.5 Å². The summed E-state index contributed by atoms with van der Waals surface area (Å²) in [6, 6.07) is 15.5. The van der Waals surface area contributed by atoms with Gasteiger partial charge in [-0.05, 0) is 64.0 Å². The van der Waals surface area contributed by atoms with Crippen molar-refractivity contribution in [2.75, 3.05) is 132 Å². The zero-order valence-electron chi connectivity index (χ0n) is 54.6. The Labute approximate surface area is 664 Å². The first-order valence-corrected chi connectivity index (χ1v) is 31.8. The second kappa shape index (κ2) is 43.4. The predicted molar refractivity (Wildman–Crippen MR) is 341 cm³/mol. The van der Waals surface area contributed by atoms with E-state index in [0.29, 0.717) is 44.1 Å². The van der Waals surface area contributed by atoms with Crippen molar-refractivity contribution in [2.45, 2.75) is 57.4 Å². The van der Waals surface area contributed by atoms with Crippen molar-refractivity contribution in [3.63, 3.8) is 0 Å². The Morgan fingerprint density at radius 1 is 0.465 bits per heavy atom. The van der Waals surface area contributed by atoms with E-state index in [1.807, 2.05) is 14.7 Å². The number of benzene rings is 4. The van der Waals surface area contributed by atoms with Gasteiger partial charge in [0.15, 0.2) is 0 Å². The summed E-state index contributed by atoms with van der Waals surface area (Å²) in [5.41, 5.74) is -1.90. The molecule has 8 bridgehead atoms. The van der Waals surface area contributed by atoms with Crippen molar-refractivity contribution >= 4 is 70.9 Å². The van der Waals surface area contributed by atoms with Crippen molar-refractivity contribution in [3.05, 3.63) is 117 Å². The van der Waals surface area contributed by atoms with Gasteiger partial charge >= 0.3 is 5.97 Å². The van der Waals surface area contributed by atoms with Gasteiger partial charge in [-0.2, -0.15) is 0 Å². The predicted octanol–water partition coefficient (Wildman–Crippen LogP) is -1.89. The number of carbonyl (C=O) groups excluding carboxylic acids is 12. The van der Waals surface area contributed by atoms with Crippen LogP contribution < -0.4 is 58.1 Å². The molecule has 4 aromatic rings. The zero-order valence-corrected chi connectivity index (χ0v) is 61.1. The van der Waals surface area contributed by atoms with Crippen LogP contribution in [0.5, 0.6) is 23.0 Å². The van der Waals surface area contributed by atoms with Gasteiger partial charge < -0.3 is 82.9 Å². The molecule has 0 aliphatic carbocycles.